The van der Waals surface area contributed by atoms with E-state index in [1.165, 1.54) is 0 Å². The van der Waals surface area contributed by atoms with Gasteiger partial charge in [-0.05, 0) is 47.5 Å². The summed E-state index contributed by atoms with van der Waals surface area (Å²) in [5.74, 6) is 0. The van der Waals surface area contributed by atoms with Gasteiger partial charge in [0.05, 0.1) is 34.6 Å². The molecule has 0 bridgehead atoms. The van der Waals surface area contributed by atoms with Gasteiger partial charge in [0.1, 0.15) is 0 Å². The van der Waals surface area contributed by atoms with Gasteiger partial charge in [-0.25, -0.2) is 0 Å². The quantitative estimate of drug-likeness (QED) is 0.234. The van der Waals surface area contributed by atoms with Crippen LogP contribution in [0.5, 0.6) is 0 Å². The Morgan fingerprint density at radius 1 is 0.421 bits per heavy atom. The summed E-state index contributed by atoms with van der Waals surface area (Å²) in [6.45, 7) is 0. The van der Waals surface area contributed by atoms with Gasteiger partial charge in [-0.1, -0.05) is 109 Å². The first kappa shape index (κ1) is 16.6. The number of aromatic nitrogens is 2. The second-order valence-electron chi connectivity index (χ2n) is 9.44. The number of fused-ring (bicyclic) bond motifs is 6. The number of para-hydroxylation sites is 4. The summed E-state index contributed by atoms with van der Waals surface area (Å²) in [6.07, 6.45) is 0. The van der Waals surface area contributed by atoms with Crippen LogP contribution in [0.15, 0.2) is 145 Å². The Morgan fingerprint density at radius 3 is 1.84 bits per heavy atom. The van der Waals surface area contributed by atoms with Crippen molar-refractivity contribution >= 4 is 43.6 Å². The molecular formula is C36H24N2. The molecule has 6 aromatic carbocycles. The first-order valence-electron chi connectivity index (χ1n) is 15.1. The van der Waals surface area contributed by atoms with Crippen molar-refractivity contribution in [3.63, 3.8) is 0 Å². The highest BCUT2D eigenvalue weighted by Gasteiger charge is 2.19. The second kappa shape index (κ2) is 8.22. The lowest BCUT2D eigenvalue weighted by Crippen LogP contribution is -2.00. The fraction of sp³-hybridized carbons (Fsp3) is 0. The molecule has 0 N–H and O–H groups in total. The van der Waals surface area contributed by atoms with E-state index in [1.807, 2.05) is 65.2 Å². The Labute approximate surface area is 227 Å². The first-order chi connectivity index (χ1) is 20.9. The predicted molar refractivity (Wildman–Crippen MR) is 161 cm³/mol. The molecule has 0 fully saturated rings. The highest BCUT2D eigenvalue weighted by Crippen LogP contribution is 2.39. The molecule has 0 spiro atoms. The molecule has 2 heteroatoms. The van der Waals surface area contributed by atoms with E-state index in [1.54, 1.807) is 12.1 Å². The monoisotopic (exact) mass is 489 g/mol. The Kier molecular flexibility index (Phi) is 3.60. The highest BCUT2D eigenvalue weighted by molar-refractivity contribution is 6.15. The number of nitrogens with zero attached hydrogens (tertiary/aromatic N) is 2. The molecule has 0 amide bonds. The van der Waals surface area contributed by atoms with Crippen LogP contribution in [0.2, 0.25) is 0 Å². The fourth-order valence-electron chi connectivity index (χ4n) is 5.75. The van der Waals surface area contributed by atoms with Crippen molar-refractivity contribution in [2.75, 3.05) is 0 Å². The third-order valence-corrected chi connectivity index (χ3v) is 7.40. The van der Waals surface area contributed by atoms with Crippen LogP contribution in [0.1, 0.15) is 6.85 Å². The van der Waals surface area contributed by atoms with Crippen LogP contribution < -0.4 is 0 Å². The predicted octanol–water partition coefficient (Wildman–Crippen LogP) is 9.55. The van der Waals surface area contributed by atoms with Crippen molar-refractivity contribution in [3.05, 3.63) is 145 Å². The van der Waals surface area contributed by atoms with Gasteiger partial charge >= 0.3 is 0 Å². The Hall–Kier alpha value is -5.08. The molecular weight excluding hydrogens is 460 g/mol. The van der Waals surface area contributed by atoms with Gasteiger partial charge in [-0.2, -0.15) is 0 Å². The minimum atomic E-state index is -0.247. The molecule has 0 unspecified atom stereocenters. The van der Waals surface area contributed by atoms with E-state index in [0.29, 0.717) is 16.9 Å². The Balaban J connectivity index is 1.49. The molecule has 0 saturated carbocycles. The number of rotatable bonds is 3. The van der Waals surface area contributed by atoms with E-state index in [9.17, 15) is 0 Å². The van der Waals surface area contributed by atoms with E-state index in [2.05, 4.69) is 47.0 Å². The van der Waals surface area contributed by atoms with Crippen molar-refractivity contribution in [1.29, 1.82) is 0 Å². The second-order valence-corrected chi connectivity index (χ2v) is 9.44. The van der Waals surface area contributed by atoms with Crippen molar-refractivity contribution in [3.8, 4) is 22.5 Å². The van der Waals surface area contributed by atoms with E-state index >= 15 is 0 Å². The fourth-order valence-corrected chi connectivity index (χ4v) is 5.75. The molecule has 0 radical (unpaired) electrons. The average Bonchev–Trinajstić information content (AvgIpc) is 3.57. The van der Waals surface area contributed by atoms with Gasteiger partial charge in [0, 0.05) is 27.2 Å². The van der Waals surface area contributed by atoms with Crippen LogP contribution >= 0.6 is 0 Å². The lowest BCUT2D eigenvalue weighted by molar-refractivity contribution is 1.13. The largest absolute Gasteiger partial charge is 0.307 e. The summed E-state index contributed by atoms with van der Waals surface area (Å²) in [4.78, 5) is 0. The van der Waals surface area contributed by atoms with Gasteiger partial charge in [-0.15, -0.1) is 0 Å². The van der Waals surface area contributed by atoms with Crippen LogP contribution in [0.4, 0.5) is 0 Å². The maximum absolute atomic E-state index is 8.97. The van der Waals surface area contributed by atoms with E-state index in [4.69, 9.17) is 6.85 Å². The van der Waals surface area contributed by atoms with Gasteiger partial charge in [0.2, 0.25) is 0 Å². The van der Waals surface area contributed by atoms with Crippen molar-refractivity contribution in [2.45, 2.75) is 0 Å². The minimum absolute atomic E-state index is 0.0345. The Morgan fingerprint density at radius 2 is 1.05 bits per heavy atom. The van der Waals surface area contributed by atoms with Crippen molar-refractivity contribution in [1.82, 2.24) is 9.13 Å². The van der Waals surface area contributed by atoms with E-state index in [-0.39, 0.29) is 24.2 Å². The minimum Gasteiger partial charge on any atom is -0.307 e. The normalized spacial score (nSPS) is 13.5. The lowest BCUT2D eigenvalue weighted by atomic mass is 10.1. The maximum atomic E-state index is 8.97. The summed E-state index contributed by atoms with van der Waals surface area (Å²) in [7, 11) is 0. The standard InChI is InChI=1S/C36H24N2/c1-2-11-25(12-3-1)26-21-23-27(24-22-26)37-32-17-7-6-15-30(32)31-16-10-20-35(36(31)37)38-33-18-8-4-13-28(33)29-14-5-9-19-34(29)38/h1-24H/i1D,4D,8D,13D,18D. The van der Waals surface area contributed by atoms with Crippen LogP contribution in [0, 0.1) is 0 Å². The molecule has 0 aliphatic carbocycles. The molecule has 0 atom stereocenters. The maximum Gasteiger partial charge on any atom is 0.0782 e. The molecule has 8 aromatic rings. The lowest BCUT2D eigenvalue weighted by Gasteiger charge is -2.14. The zero-order chi connectivity index (χ0) is 29.4. The van der Waals surface area contributed by atoms with Gasteiger partial charge < -0.3 is 9.13 Å². The third kappa shape index (κ3) is 3.01. The van der Waals surface area contributed by atoms with Crippen molar-refractivity contribution in [2.24, 2.45) is 0 Å². The summed E-state index contributed by atoms with van der Waals surface area (Å²) < 4.78 is 46.7. The summed E-state index contributed by atoms with van der Waals surface area (Å²) in [5.41, 5.74) is 7.19. The molecule has 38 heavy (non-hydrogen) atoms. The summed E-state index contributed by atoms with van der Waals surface area (Å²) >= 11 is 0. The first-order valence-corrected chi connectivity index (χ1v) is 12.6. The molecule has 8 rings (SSSR count). The number of benzene rings is 6. The smallest absolute Gasteiger partial charge is 0.0782 e. The zero-order valence-electron chi connectivity index (χ0n) is 25.4. The molecule has 0 aliphatic rings. The third-order valence-electron chi connectivity index (χ3n) is 7.40. The molecule has 0 saturated heterocycles. The van der Waals surface area contributed by atoms with Crippen LogP contribution in [0.25, 0.3) is 66.1 Å². The molecule has 178 valence electrons. The summed E-state index contributed by atoms with van der Waals surface area (Å²) in [5, 5.41) is 3.45. The topological polar surface area (TPSA) is 9.86 Å². The van der Waals surface area contributed by atoms with Crippen LogP contribution in [-0.4, -0.2) is 9.13 Å². The van der Waals surface area contributed by atoms with Crippen LogP contribution in [0.3, 0.4) is 0 Å². The van der Waals surface area contributed by atoms with Crippen molar-refractivity contribution < 1.29 is 6.85 Å². The van der Waals surface area contributed by atoms with E-state index < -0.39 is 0 Å². The molecule has 0 aliphatic heterocycles. The Bertz CT molecular complexity index is 2380. The summed E-state index contributed by atoms with van der Waals surface area (Å²) in [6, 6.07) is 38.0. The van der Waals surface area contributed by atoms with E-state index in [0.717, 1.165) is 55.2 Å². The van der Waals surface area contributed by atoms with Crippen LogP contribution in [-0.2, 0) is 0 Å². The number of hydrogen-bond donors (Lipinski definition) is 0. The average molecular weight is 490 g/mol. The molecule has 2 nitrogen and oxygen atoms in total. The van der Waals surface area contributed by atoms with Gasteiger partial charge in [-0.3, -0.25) is 0 Å². The molecule has 2 heterocycles. The van der Waals surface area contributed by atoms with Gasteiger partial charge in [0.15, 0.2) is 0 Å². The SMILES string of the molecule is [2H]c1ccc(-c2ccc(-n3c4ccccc4c4cccc(-n5c6ccccc6c6c([2H])c([2H])c([2H])c([2H])c65)c43)cc2)cc1. The highest BCUT2D eigenvalue weighted by atomic mass is 15.1. The van der Waals surface area contributed by atoms with Gasteiger partial charge in [0.25, 0.3) is 0 Å². The number of hydrogen-bond acceptors (Lipinski definition) is 0. The zero-order valence-corrected chi connectivity index (χ0v) is 20.4. The molecule has 2 aromatic heterocycles.